The molecule has 0 radical (unpaired) electrons. The summed E-state index contributed by atoms with van der Waals surface area (Å²) in [5, 5.41) is 11.7. The molecule has 5 nitrogen and oxygen atoms in total. The van der Waals surface area contributed by atoms with Crippen LogP contribution in [0.15, 0.2) is 48.7 Å². The fourth-order valence-electron chi connectivity index (χ4n) is 3.10. The highest BCUT2D eigenvalue weighted by atomic mass is 16.1. The minimum absolute atomic E-state index is 0.157. The van der Waals surface area contributed by atoms with Crippen LogP contribution in [0.3, 0.4) is 0 Å². The van der Waals surface area contributed by atoms with Crippen LogP contribution in [0.1, 0.15) is 42.4 Å². The lowest BCUT2D eigenvalue weighted by Crippen LogP contribution is -2.25. The Morgan fingerprint density at radius 3 is 2.48 bits per heavy atom. The molecule has 1 aromatic heterocycles. The zero-order valence-corrected chi connectivity index (χ0v) is 15.4. The Hall–Kier alpha value is -3.13. The lowest BCUT2D eigenvalue weighted by atomic mass is 10.1. The van der Waals surface area contributed by atoms with E-state index in [1.165, 1.54) is 31.8 Å². The molecule has 1 saturated heterocycles. The molecule has 0 spiro atoms. The van der Waals surface area contributed by atoms with Crippen molar-refractivity contribution in [1.29, 1.82) is 5.26 Å². The van der Waals surface area contributed by atoms with Crippen molar-refractivity contribution in [2.45, 2.75) is 32.2 Å². The predicted octanol–water partition coefficient (Wildman–Crippen LogP) is 3.66. The molecule has 3 rings (SSSR count). The highest BCUT2D eigenvalue weighted by molar-refractivity contribution is 5.91. The molecular weight excluding hydrogens is 336 g/mol. The van der Waals surface area contributed by atoms with Gasteiger partial charge in [-0.05, 0) is 48.2 Å². The maximum atomic E-state index is 12.0. The van der Waals surface area contributed by atoms with Gasteiger partial charge in [-0.1, -0.05) is 31.0 Å². The number of nitriles is 1. The largest absolute Gasteiger partial charge is 0.357 e. The number of amides is 1. The van der Waals surface area contributed by atoms with Gasteiger partial charge in [0.25, 0.3) is 0 Å². The van der Waals surface area contributed by atoms with Crippen molar-refractivity contribution in [2.24, 2.45) is 0 Å². The monoisotopic (exact) mass is 360 g/mol. The first-order chi connectivity index (χ1) is 13.2. The number of pyridine rings is 1. The summed E-state index contributed by atoms with van der Waals surface area (Å²) >= 11 is 0. The fourth-order valence-corrected chi connectivity index (χ4v) is 3.10. The van der Waals surface area contributed by atoms with E-state index in [9.17, 15) is 4.79 Å². The highest BCUT2D eigenvalue weighted by Crippen LogP contribution is 2.17. The lowest BCUT2D eigenvalue weighted by Gasteiger charge is -2.21. The van der Waals surface area contributed by atoms with Crippen LogP contribution in [0.25, 0.3) is 6.08 Å². The molecule has 1 fully saturated rings. The Kier molecular flexibility index (Phi) is 6.59. The maximum absolute atomic E-state index is 12.0. The number of benzene rings is 1. The third kappa shape index (κ3) is 5.68. The number of nitrogens with one attached hydrogen (secondary N) is 1. The van der Waals surface area contributed by atoms with E-state index in [1.807, 2.05) is 30.5 Å². The van der Waals surface area contributed by atoms with Gasteiger partial charge < -0.3 is 10.2 Å². The summed E-state index contributed by atoms with van der Waals surface area (Å²) in [4.78, 5) is 18.9. The van der Waals surface area contributed by atoms with E-state index in [0.29, 0.717) is 12.1 Å². The van der Waals surface area contributed by atoms with Gasteiger partial charge in [0, 0.05) is 31.9 Å². The summed E-state index contributed by atoms with van der Waals surface area (Å²) in [5.41, 5.74) is 2.47. The molecule has 138 valence electrons. The Labute approximate surface area is 160 Å². The summed E-state index contributed by atoms with van der Waals surface area (Å²) < 4.78 is 0. The van der Waals surface area contributed by atoms with Gasteiger partial charge in [-0.25, -0.2) is 4.98 Å². The van der Waals surface area contributed by atoms with Gasteiger partial charge in [0.2, 0.25) is 5.91 Å². The number of carbonyl (C=O) groups excluding carboxylic acids is 1. The number of anilines is 1. The Morgan fingerprint density at radius 1 is 1.11 bits per heavy atom. The topological polar surface area (TPSA) is 69.0 Å². The van der Waals surface area contributed by atoms with Crippen LogP contribution < -0.4 is 10.2 Å². The van der Waals surface area contributed by atoms with E-state index >= 15 is 0 Å². The molecular formula is C22H24N4O. The molecule has 0 atom stereocenters. The van der Waals surface area contributed by atoms with Crippen LogP contribution in [-0.4, -0.2) is 24.0 Å². The van der Waals surface area contributed by atoms with Gasteiger partial charge >= 0.3 is 0 Å². The molecule has 0 bridgehead atoms. The molecule has 1 aliphatic heterocycles. The molecule has 27 heavy (non-hydrogen) atoms. The molecule has 0 aliphatic carbocycles. The zero-order chi connectivity index (χ0) is 18.9. The Balaban J connectivity index is 1.49. The van der Waals surface area contributed by atoms with E-state index < -0.39 is 0 Å². The van der Waals surface area contributed by atoms with Gasteiger partial charge in [-0.15, -0.1) is 0 Å². The van der Waals surface area contributed by atoms with E-state index in [-0.39, 0.29) is 5.91 Å². The summed E-state index contributed by atoms with van der Waals surface area (Å²) in [6, 6.07) is 13.2. The minimum atomic E-state index is -0.157. The lowest BCUT2D eigenvalue weighted by molar-refractivity contribution is -0.116. The third-order valence-electron chi connectivity index (χ3n) is 4.67. The minimum Gasteiger partial charge on any atom is -0.357 e. The molecule has 0 saturated carbocycles. The Bertz CT molecular complexity index is 811. The number of rotatable bonds is 5. The predicted molar refractivity (Wildman–Crippen MR) is 107 cm³/mol. The second-order valence-corrected chi connectivity index (χ2v) is 6.71. The van der Waals surface area contributed by atoms with Crippen molar-refractivity contribution in [2.75, 3.05) is 18.0 Å². The first-order valence-corrected chi connectivity index (χ1v) is 9.40. The van der Waals surface area contributed by atoms with Crippen molar-refractivity contribution < 1.29 is 4.79 Å². The van der Waals surface area contributed by atoms with Crippen LogP contribution in [0.2, 0.25) is 0 Å². The van der Waals surface area contributed by atoms with Crippen LogP contribution in [0, 0.1) is 11.3 Å². The molecule has 1 aliphatic rings. The fraction of sp³-hybridized carbons (Fsp3) is 0.318. The standard InChI is InChI=1S/C22H24N4O/c23-15-19-7-5-18(6-8-19)10-12-22(27)25-17-20-9-11-21(24-16-20)26-13-3-1-2-4-14-26/h5-12,16H,1-4,13-14,17H2,(H,25,27). The molecule has 1 amide bonds. The summed E-state index contributed by atoms with van der Waals surface area (Å²) in [6.45, 7) is 2.59. The van der Waals surface area contributed by atoms with Crippen LogP contribution in [0.5, 0.6) is 0 Å². The molecule has 0 unspecified atom stereocenters. The van der Waals surface area contributed by atoms with E-state index in [2.05, 4.69) is 21.3 Å². The summed E-state index contributed by atoms with van der Waals surface area (Å²) in [6.07, 6.45) is 10.1. The first kappa shape index (κ1) is 18.7. The molecule has 1 N–H and O–H groups in total. The first-order valence-electron chi connectivity index (χ1n) is 9.40. The van der Waals surface area contributed by atoms with Gasteiger partial charge in [0.05, 0.1) is 11.6 Å². The van der Waals surface area contributed by atoms with Crippen molar-refractivity contribution in [1.82, 2.24) is 10.3 Å². The number of hydrogen-bond acceptors (Lipinski definition) is 4. The van der Waals surface area contributed by atoms with Crippen molar-refractivity contribution in [3.63, 3.8) is 0 Å². The zero-order valence-electron chi connectivity index (χ0n) is 15.4. The normalized spacial score (nSPS) is 14.6. The number of hydrogen-bond donors (Lipinski definition) is 1. The van der Waals surface area contributed by atoms with E-state index in [1.54, 1.807) is 18.2 Å². The number of aromatic nitrogens is 1. The second kappa shape index (κ2) is 9.54. The number of nitrogens with zero attached hydrogens (tertiary/aromatic N) is 3. The van der Waals surface area contributed by atoms with Crippen molar-refractivity contribution in [3.8, 4) is 6.07 Å². The van der Waals surface area contributed by atoms with Crippen LogP contribution in [0.4, 0.5) is 5.82 Å². The van der Waals surface area contributed by atoms with Crippen molar-refractivity contribution >= 4 is 17.8 Å². The maximum Gasteiger partial charge on any atom is 0.244 e. The van der Waals surface area contributed by atoms with Gasteiger partial charge in [0.15, 0.2) is 0 Å². The average Bonchev–Trinajstić information content (AvgIpc) is 3.01. The molecule has 2 heterocycles. The van der Waals surface area contributed by atoms with E-state index in [4.69, 9.17) is 5.26 Å². The molecule has 1 aromatic carbocycles. The van der Waals surface area contributed by atoms with Gasteiger partial charge in [-0.3, -0.25) is 4.79 Å². The number of carbonyl (C=O) groups is 1. The van der Waals surface area contributed by atoms with Crippen molar-refractivity contribution in [3.05, 3.63) is 65.4 Å². The SMILES string of the molecule is N#Cc1ccc(C=CC(=O)NCc2ccc(N3CCCCCC3)nc2)cc1. The summed E-state index contributed by atoms with van der Waals surface area (Å²) in [5.74, 6) is 0.864. The van der Waals surface area contributed by atoms with Gasteiger partial charge in [-0.2, -0.15) is 5.26 Å². The third-order valence-corrected chi connectivity index (χ3v) is 4.67. The Morgan fingerprint density at radius 2 is 1.85 bits per heavy atom. The molecule has 2 aromatic rings. The second-order valence-electron chi connectivity index (χ2n) is 6.71. The quantitative estimate of drug-likeness (QED) is 0.826. The summed E-state index contributed by atoms with van der Waals surface area (Å²) in [7, 11) is 0. The average molecular weight is 360 g/mol. The van der Waals surface area contributed by atoms with Gasteiger partial charge in [0.1, 0.15) is 5.82 Å². The van der Waals surface area contributed by atoms with E-state index in [0.717, 1.165) is 30.0 Å². The van der Waals surface area contributed by atoms with Crippen LogP contribution in [-0.2, 0) is 11.3 Å². The molecule has 5 heteroatoms. The van der Waals surface area contributed by atoms with Crippen LogP contribution >= 0.6 is 0 Å². The highest BCUT2D eigenvalue weighted by Gasteiger charge is 2.10. The smallest absolute Gasteiger partial charge is 0.244 e.